The molecule has 3 nitrogen and oxygen atoms in total. The number of aryl methyl sites for hydroxylation is 1. The number of anilines is 1. The van der Waals surface area contributed by atoms with E-state index in [1.54, 1.807) is 0 Å². The molecule has 0 bridgehead atoms. The lowest BCUT2D eigenvalue weighted by Crippen LogP contribution is -2.21. The van der Waals surface area contributed by atoms with Crippen LogP contribution in [0.3, 0.4) is 0 Å². The van der Waals surface area contributed by atoms with Gasteiger partial charge in [0.25, 0.3) is 0 Å². The maximum atomic E-state index is 12.5. The highest BCUT2D eigenvalue weighted by Gasteiger charge is 2.30. The molecule has 1 fully saturated rings. The molecule has 100 valence electrons. The molecule has 1 aromatic carbocycles. The maximum Gasteiger partial charge on any atom is 0.224 e. The topological polar surface area (TPSA) is 46.2 Å². The Balaban J connectivity index is 1.86. The highest BCUT2D eigenvalue weighted by molar-refractivity contribution is 6.00. The van der Waals surface area contributed by atoms with Crippen LogP contribution in [-0.2, 0) is 11.2 Å². The number of amides is 1. The molecule has 3 heteroatoms. The van der Waals surface area contributed by atoms with E-state index < -0.39 is 0 Å². The van der Waals surface area contributed by atoms with Crippen molar-refractivity contribution in [2.24, 2.45) is 11.8 Å². The van der Waals surface area contributed by atoms with Crippen LogP contribution in [0.1, 0.15) is 48.5 Å². The largest absolute Gasteiger partial charge is 0.326 e. The molecule has 1 heterocycles. The lowest BCUT2D eigenvalue weighted by molar-refractivity contribution is -0.116. The zero-order valence-corrected chi connectivity index (χ0v) is 11.2. The molecular formula is C16H19NO2. The van der Waals surface area contributed by atoms with Crippen LogP contribution in [-0.4, -0.2) is 11.7 Å². The van der Waals surface area contributed by atoms with Gasteiger partial charge in [0.05, 0.1) is 0 Å². The Kier molecular flexibility index (Phi) is 3.13. The molecule has 0 aromatic heterocycles. The van der Waals surface area contributed by atoms with Crippen molar-refractivity contribution < 1.29 is 9.59 Å². The molecule has 19 heavy (non-hydrogen) atoms. The Bertz CT molecular complexity index is 536. The molecule has 0 spiro atoms. The van der Waals surface area contributed by atoms with Crippen molar-refractivity contribution in [3.63, 3.8) is 0 Å². The number of nitrogens with one attached hydrogen (secondary N) is 1. The fourth-order valence-electron chi connectivity index (χ4n) is 3.29. The predicted octanol–water partition coefficient (Wildman–Crippen LogP) is 3.19. The van der Waals surface area contributed by atoms with E-state index in [0.717, 1.165) is 36.1 Å². The van der Waals surface area contributed by atoms with Gasteiger partial charge in [-0.2, -0.15) is 0 Å². The Morgan fingerprint density at radius 2 is 2.11 bits per heavy atom. The second-order valence-electron chi connectivity index (χ2n) is 5.80. The molecule has 1 aromatic rings. The number of hydrogen-bond acceptors (Lipinski definition) is 2. The van der Waals surface area contributed by atoms with Crippen molar-refractivity contribution in [2.45, 2.75) is 39.0 Å². The predicted molar refractivity (Wildman–Crippen MR) is 74.2 cm³/mol. The zero-order chi connectivity index (χ0) is 13.4. The van der Waals surface area contributed by atoms with E-state index in [0.29, 0.717) is 12.3 Å². The summed E-state index contributed by atoms with van der Waals surface area (Å²) in [5.41, 5.74) is 2.78. The molecule has 2 atom stereocenters. The summed E-state index contributed by atoms with van der Waals surface area (Å²) in [6.07, 6.45) is 4.61. The minimum atomic E-state index is 0.0657. The van der Waals surface area contributed by atoms with Crippen LogP contribution in [0.4, 0.5) is 5.69 Å². The monoisotopic (exact) mass is 257 g/mol. The average Bonchev–Trinajstić information content (AvgIpc) is 2.83. The van der Waals surface area contributed by atoms with E-state index in [-0.39, 0.29) is 17.6 Å². The molecule has 0 saturated heterocycles. The summed E-state index contributed by atoms with van der Waals surface area (Å²) in [4.78, 5) is 23.8. The van der Waals surface area contributed by atoms with Crippen LogP contribution in [0.15, 0.2) is 18.2 Å². The van der Waals surface area contributed by atoms with Crippen LogP contribution in [0.2, 0.25) is 0 Å². The number of carbonyl (C=O) groups is 2. The Morgan fingerprint density at radius 3 is 2.84 bits per heavy atom. The average molecular weight is 257 g/mol. The van der Waals surface area contributed by atoms with Gasteiger partial charge >= 0.3 is 0 Å². The van der Waals surface area contributed by atoms with Gasteiger partial charge < -0.3 is 5.32 Å². The van der Waals surface area contributed by atoms with E-state index in [9.17, 15) is 9.59 Å². The molecule has 2 aliphatic rings. The third-order valence-electron chi connectivity index (χ3n) is 4.48. The lowest BCUT2D eigenvalue weighted by Gasteiger charge is -2.19. The van der Waals surface area contributed by atoms with Gasteiger partial charge in [-0.1, -0.05) is 13.3 Å². The minimum absolute atomic E-state index is 0.0657. The standard InChI is InChI=1S/C16H19NO2/c1-10-3-2-4-13(10)16(19)12-5-7-14-11(9-12)6-8-15(18)17-14/h5,7,9-10,13H,2-4,6,8H2,1H3,(H,17,18). The molecule has 0 radical (unpaired) electrons. The first-order valence-electron chi connectivity index (χ1n) is 7.12. The first kappa shape index (κ1) is 12.4. The summed E-state index contributed by atoms with van der Waals surface area (Å²) in [6, 6.07) is 5.71. The van der Waals surface area contributed by atoms with Crippen molar-refractivity contribution in [1.29, 1.82) is 0 Å². The Labute approximate surface area is 113 Å². The van der Waals surface area contributed by atoms with Gasteiger partial charge in [-0.05, 0) is 48.9 Å². The van der Waals surface area contributed by atoms with Gasteiger partial charge in [0.15, 0.2) is 5.78 Å². The van der Waals surface area contributed by atoms with Gasteiger partial charge in [-0.3, -0.25) is 9.59 Å². The summed E-state index contributed by atoms with van der Waals surface area (Å²) in [5, 5.41) is 2.85. The number of ketones is 1. The molecule has 2 unspecified atom stereocenters. The molecule has 1 aliphatic heterocycles. The van der Waals surface area contributed by atoms with E-state index in [1.165, 1.54) is 6.42 Å². The fourth-order valence-corrected chi connectivity index (χ4v) is 3.29. The van der Waals surface area contributed by atoms with Crippen molar-refractivity contribution in [3.8, 4) is 0 Å². The second-order valence-corrected chi connectivity index (χ2v) is 5.80. The number of benzene rings is 1. The smallest absolute Gasteiger partial charge is 0.224 e. The normalized spacial score (nSPS) is 25.8. The Hall–Kier alpha value is -1.64. The zero-order valence-electron chi connectivity index (χ0n) is 11.2. The first-order valence-corrected chi connectivity index (χ1v) is 7.12. The van der Waals surface area contributed by atoms with Gasteiger partial charge in [0.1, 0.15) is 0 Å². The summed E-state index contributed by atoms with van der Waals surface area (Å²) in [7, 11) is 0. The van der Waals surface area contributed by atoms with Crippen molar-refractivity contribution in [1.82, 2.24) is 0 Å². The lowest BCUT2D eigenvalue weighted by atomic mass is 9.88. The fraction of sp³-hybridized carbons (Fsp3) is 0.500. The summed E-state index contributed by atoms with van der Waals surface area (Å²) in [5.74, 6) is 1.04. The van der Waals surface area contributed by atoms with Crippen molar-refractivity contribution in [3.05, 3.63) is 29.3 Å². The number of carbonyl (C=O) groups excluding carboxylic acids is 2. The van der Waals surface area contributed by atoms with Gasteiger partial charge in [0.2, 0.25) is 5.91 Å². The van der Waals surface area contributed by atoms with Crippen LogP contribution in [0.25, 0.3) is 0 Å². The van der Waals surface area contributed by atoms with Crippen molar-refractivity contribution in [2.75, 3.05) is 5.32 Å². The van der Waals surface area contributed by atoms with Crippen LogP contribution >= 0.6 is 0 Å². The number of rotatable bonds is 2. The SMILES string of the molecule is CC1CCCC1C(=O)c1ccc2c(c1)CCC(=O)N2. The van der Waals surface area contributed by atoms with Crippen LogP contribution < -0.4 is 5.32 Å². The quantitative estimate of drug-likeness (QED) is 0.827. The molecule has 1 N–H and O–H groups in total. The third-order valence-corrected chi connectivity index (χ3v) is 4.48. The van der Waals surface area contributed by atoms with Gasteiger partial charge in [0, 0.05) is 23.6 Å². The van der Waals surface area contributed by atoms with E-state index in [1.807, 2.05) is 18.2 Å². The minimum Gasteiger partial charge on any atom is -0.326 e. The molecule has 1 amide bonds. The highest BCUT2D eigenvalue weighted by Crippen LogP contribution is 2.34. The summed E-state index contributed by atoms with van der Waals surface area (Å²) in [6.45, 7) is 2.17. The molecule has 1 saturated carbocycles. The molecule has 1 aliphatic carbocycles. The number of Topliss-reactive ketones (excluding diaryl/α,β-unsaturated/α-hetero) is 1. The first-order chi connectivity index (χ1) is 9.15. The van der Waals surface area contributed by atoms with Gasteiger partial charge in [-0.15, -0.1) is 0 Å². The van der Waals surface area contributed by atoms with E-state index in [2.05, 4.69) is 12.2 Å². The summed E-state index contributed by atoms with van der Waals surface area (Å²) < 4.78 is 0. The number of fused-ring (bicyclic) bond motifs is 1. The van der Waals surface area contributed by atoms with E-state index >= 15 is 0 Å². The summed E-state index contributed by atoms with van der Waals surface area (Å²) >= 11 is 0. The highest BCUT2D eigenvalue weighted by atomic mass is 16.1. The number of hydrogen-bond donors (Lipinski definition) is 1. The maximum absolute atomic E-state index is 12.5. The second kappa shape index (κ2) is 4.80. The van der Waals surface area contributed by atoms with Crippen molar-refractivity contribution >= 4 is 17.4 Å². The molecule has 3 rings (SSSR count). The van der Waals surface area contributed by atoms with Crippen LogP contribution in [0, 0.1) is 11.8 Å². The third kappa shape index (κ3) is 2.29. The van der Waals surface area contributed by atoms with Gasteiger partial charge in [-0.25, -0.2) is 0 Å². The van der Waals surface area contributed by atoms with E-state index in [4.69, 9.17) is 0 Å². The van der Waals surface area contributed by atoms with Crippen LogP contribution in [0.5, 0.6) is 0 Å². The molecular weight excluding hydrogens is 238 g/mol. The Morgan fingerprint density at radius 1 is 1.26 bits per heavy atom.